The first-order chi connectivity index (χ1) is 14.4. The average molecular weight is 423 g/mol. The van der Waals surface area contributed by atoms with Gasteiger partial charge in [0.2, 0.25) is 0 Å². The summed E-state index contributed by atoms with van der Waals surface area (Å²) < 4.78 is 41.8. The Morgan fingerprint density at radius 2 is 1.97 bits per heavy atom. The molecular weight excluding hydrogens is 405 g/mol. The highest BCUT2D eigenvalue weighted by Crippen LogP contribution is 2.21. The molecule has 3 heterocycles. The molecule has 0 N–H and O–H groups in total. The summed E-state index contributed by atoms with van der Waals surface area (Å²) in [4.78, 5) is 8.32. The fourth-order valence-corrected chi connectivity index (χ4v) is 4.19. The van der Waals surface area contributed by atoms with Crippen LogP contribution in [-0.2, 0) is 10.0 Å². The van der Waals surface area contributed by atoms with E-state index in [0.29, 0.717) is 16.9 Å². The molecule has 0 fully saturated rings. The standard InChI is InChI=1S/C21H18FN5O2S/c1-15-5-7-18(22)10-20(15)30(28,29)26(2)25-13-19-12-24-21-8-6-17(14-27(19)21)16-4-3-9-23-11-16/h3-14H,1-2H3. The lowest BCUT2D eigenvalue weighted by atomic mass is 10.1. The molecule has 30 heavy (non-hydrogen) atoms. The van der Waals surface area contributed by atoms with Crippen LogP contribution in [-0.4, -0.2) is 40.5 Å². The molecular formula is C21H18FN5O2S. The molecule has 152 valence electrons. The summed E-state index contributed by atoms with van der Waals surface area (Å²) in [5.41, 5.74) is 3.59. The van der Waals surface area contributed by atoms with Gasteiger partial charge in [0.1, 0.15) is 11.5 Å². The molecule has 9 heteroatoms. The second-order valence-corrected chi connectivity index (χ2v) is 8.58. The normalized spacial score (nSPS) is 12.0. The predicted octanol–water partition coefficient (Wildman–Crippen LogP) is 3.50. The summed E-state index contributed by atoms with van der Waals surface area (Å²) in [7, 11) is -2.69. The first-order valence-electron chi connectivity index (χ1n) is 9.03. The fourth-order valence-electron chi connectivity index (χ4n) is 3.00. The number of hydrazone groups is 1. The Balaban J connectivity index is 1.67. The van der Waals surface area contributed by atoms with E-state index in [1.165, 1.54) is 25.4 Å². The summed E-state index contributed by atoms with van der Waals surface area (Å²) in [5.74, 6) is -0.624. The van der Waals surface area contributed by atoms with Gasteiger partial charge in [0.25, 0.3) is 10.0 Å². The van der Waals surface area contributed by atoms with Crippen LogP contribution in [0.25, 0.3) is 16.8 Å². The lowest BCUT2D eigenvalue weighted by molar-refractivity contribution is 0.489. The highest BCUT2D eigenvalue weighted by Gasteiger charge is 2.22. The molecule has 4 aromatic rings. The predicted molar refractivity (Wildman–Crippen MR) is 112 cm³/mol. The fraction of sp³-hybridized carbons (Fsp3) is 0.0952. The number of halogens is 1. The zero-order valence-corrected chi connectivity index (χ0v) is 17.1. The molecule has 0 saturated heterocycles. The Morgan fingerprint density at radius 1 is 1.13 bits per heavy atom. The third-order valence-electron chi connectivity index (χ3n) is 4.66. The first-order valence-corrected chi connectivity index (χ1v) is 10.5. The van der Waals surface area contributed by atoms with Crippen molar-refractivity contribution in [1.82, 2.24) is 18.8 Å². The molecule has 0 atom stereocenters. The zero-order chi connectivity index (χ0) is 21.3. The van der Waals surface area contributed by atoms with E-state index in [2.05, 4.69) is 15.1 Å². The van der Waals surface area contributed by atoms with E-state index >= 15 is 0 Å². The number of hydrogen-bond donors (Lipinski definition) is 0. The molecule has 0 amide bonds. The zero-order valence-electron chi connectivity index (χ0n) is 16.3. The molecule has 0 aliphatic rings. The molecule has 3 aromatic heterocycles. The molecule has 0 aliphatic carbocycles. The maximum absolute atomic E-state index is 13.6. The Kier molecular flexibility index (Phi) is 5.04. The van der Waals surface area contributed by atoms with Crippen LogP contribution in [0.4, 0.5) is 4.39 Å². The molecule has 0 spiro atoms. The van der Waals surface area contributed by atoms with Crippen LogP contribution in [0, 0.1) is 12.7 Å². The number of aromatic nitrogens is 3. The van der Waals surface area contributed by atoms with Gasteiger partial charge in [-0.1, -0.05) is 12.1 Å². The number of sulfonamides is 1. The van der Waals surface area contributed by atoms with Gasteiger partial charge in [-0.2, -0.15) is 17.9 Å². The quantitative estimate of drug-likeness (QED) is 0.364. The maximum atomic E-state index is 13.6. The summed E-state index contributed by atoms with van der Waals surface area (Å²) in [6.07, 6.45) is 8.34. The van der Waals surface area contributed by atoms with E-state index in [-0.39, 0.29) is 4.90 Å². The van der Waals surface area contributed by atoms with Gasteiger partial charge in [-0.05, 0) is 42.8 Å². The van der Waals surface area contributed by atoms with E-state index < -0.39 is 15.8 Å². The Bertz CT molecular complexity index is 1350. The van der Waals surface area contributed by atoms with E-state index in [9.17, 15) is 12.8 Å². The molecule has 0 saturated carbocycles. The van der Waals surface area contributed by atoms with Crippen LogP contribution < -0.4 is 0 Å². The average Bonchev–Trinajstić information content (AvgIpc) is 3.16. The van der Waals surface area contributed by atoms with Crippen molar-refractivity contribution in [3.63, 3.8) is 0 Å². The molecule has 7 nitrogen and oxygen atoms in total. The van der Waals surface area contributed by atoms with Crippen molar-refractivity contribution in [2.45, 2.75) is 11.8 Å². The van der Waals surface area contributed by atoms with Gasteiger partial charge in [0.15, 0.2) is 0 Å². The van der Waals surface area contributed by atoms with Crippen molar-refractivity contribution >= 4 is 21.9 Å². The van der Waals surface area contributed by atoms with Crippen molar-refractivity contribution in [2.75, 3.05) is 7.05 Å². The molecule has 0 radical (unpaired) electrons. The van der Waals surface area contributed by atoms with Gasteiger partial charge in [0, 0.05) is 36.8 Å². The van der Waals surface area contributed by atoms with Gasteiger partial charge in [0.05, 0.1) is 23.0 Å². The highest BCUT2D eigenvalue weighted by molar-refractivity contribution is 7.89. The molecule has 0 aliphatic heterocycles. The SMILES string of the molecule is Cc1ccc(F)cc1S(=O)(=O)N(C)N=Cc1cnc2ccc(-c3cccnc3)cn12. The maximum Gasteiger partial charge on any atom is 0.279 e. The number of nitrogens with zero attached hydrogens (tertiary/aromatic N) is 5. The van der Waals surface area contributed by atoms with Crippen molar-refractivity contribution in [1.29, 1.82) is 0 Å². The summed E-state index contributed by atoms with van der Waals surface area (Å²) in [5, 5.41) is 4.06. The topological polar surface area (TPSA) is 79.9 Å². The van der Waals surface area contributed by atoms with E-state index in [1.54, 1.807) is 29.9 Å². The Hall–Kier alpha value is -3.59. The largest absolute Gasteiger partial charge is 0.298 e. The third-order valence-corrected chi connectivity index (χ3v) is 6.44. The first kappa shape index (κ1) is 19.7. The smallest absolute Gasteiger partial charge is 0.279 e. The van der Waals surface area contributed by atoms with E-state index in [4.69, 9.17) is 0 Å². The van der Waals surface area contributed by atoms with Crippen LogP contribution in [0.1, 0.15) is 11.3 Å². The lowest BCUT2D eigenvalue weighted by Gasteiger charge is -2.15. The van der Waals surface area contributed by atoms with Gasteiger partial charge in [-0.15, -0.1) is 0 Å². The van der Waals surface area contributed by atoms with Gasteiger partial charge in [-0.25, -0.2) is 9.37 Å². The van der Waals surface area contributed by atoms with Crippen LogP contribution >= 0.6 is 0 Å². The number of benzene rings is 1. The van der Waals surface area contributed by atoms with Crippen molar-refractivity contribution in [3.8, 4) is 11.1 Å². The molecule has 1 aromatic carbocycles. The lowest BCUT2D eigenvalue weighted by Crippen LogP contribution is -2.23. The third kappa shape index (κ3) is 3.67. The summed E-state index contributed by atoms with van der Waals surface area (Å²) in [6.45, 7) is 1.61. The van der Waals surface area contributed by atoms with Gasteiger partial charge >= 0.3 is 0 Å². The van der Waals surface area contributed by atoms with E-state index in [0.717, 1.165) is 21.6 Å². The molecule has 4 rings (SSSR count). The van der Waals surface area contributed by atoms with Crippen LogP contribution in [0.15, 0.2) is 77.2 Å². The Morgan fingerprint density at radius 3 is 2.73 bits per heavy atom. The second kappa shape index (κ2) is 7.68. The highest BCUT2D eigenvalue weighted by atomic mass is 32.2. The summed E-state index contributed by atoms with van der Waals surface area (Å²) >= 11 is 0. The monoisotopic (exact) mass is 423 g/mol. The number of imidazole rings is 1. The second-order valence-electron chi connectivity index (χ2n) is 6.66. The van der Waals surface area contributed by atoms with Gasteiger partial charge in [-0.3, -0.25) is 9.38 Å². The number of fused-ring (bicyclic) bond motifs is 1. The summed E-state index contributed by atoms with van der Waals surface area (Å²) in [6, 6.07) is 11.2. The van der Waals surface area contributed by atoms with Crippen LogP contribution in [0.5, 0.6) is 0 Å². The number of rotatable bonds is 5. The minimum absolute atomic E-state index is 0.126. The van der Waals surface area contributed by atoms with Crippen LogP contribution in [0.2, 0.25) is 0 Å². The van der Waals surface area contributed by atoms with Crippen molar-refractivity contribution in [2.24, 2.45) is 5.10 Å². The minimum atomic E-state index is -3.99. The molecule has 0 bridgehead atoms. The molecule has 0 unspecified atom stereocenters. The van der Waals surface area contributed by atoms with Crippen molar-refractivity contribution in [3.05, 3.63) is 84.3 Å². The Labute approximate surface area is 173 Å². The number of aryl methyl sites for hydroxylation is 1. The van der Waals surface area contributed by atoms with Crippen molar-refractivity contribution < 1.29 is 12.8 Å². The van der Waals surface area contributed by atoms with Gasteiger partial charge < -0.3 is 0 Å². The minimum Gasteiger partial charge on any atom is -0.298 e. The number of hydrogen-bond acceptors (Lipinski definition) is 5. The number of pyridine rings is 2. The van der Waals surface area contributed by atoms with Crippen LogP contribution in [0.3, 0.4) is 0 Å². The van der Waals surface area contributed by atoms with E-state index in [1.807, 2.05) is 30.5 Å².